The summed E-state index contributed by atoms with van der Waals surface area (Å²) in [5.74, 6) is 1.03. The minimum Gasteiger partial charge on any atom is -0.726 e. The number of carbonyl (C=O) groups is 1. The second kappa shape index (κ2) is 8.35. The molecular weight excluding hydrogens is 419 g/mol. The van der Waals surface area contributed by atoms with Gasteiger partial charge in [0.1, 0.15) is 12.2 Å². The van der Waals surface area contributed by atoms with E-state index in [1.54, 1.807) is 0 Å². The van der Waals surface area contributed by atoms with Crippen LogP contribution in [0, 0.1) is 34.5 Å². The van der Waals surface area contributed by atoms with Crippen LogP contribution in [0.1, 0.15) is 71.6 Å². The molecular formula is C21H33NaO7S. The van der Waals surface area contributed by atoms with Crippen LogP contribution >= 0.6 is 0 Å². The molecule has 0 aromatic heterocycles. The molecule has 4 aliphatic carbocycles. The molecule has 30 heavy (non-hydrogen) atoms. The van der Waals surface area contributed by atoms with E-state index in [-0.39, 0.29) is 40.9 Å². The van der Waals surface area contributed by atoms with Crippen LogP contribution in [0.2, 0.25) is 0 Å². The second-order valence-electron chi connectivity index (χ2n) is 10.5. The number of rotatable bonds is 4. The summed E-state index contributed by atoms with van der Waals surface area (Å²) in [4.78, 5) is 12.4. The summed E-state index contributed by atoms with van der Waals surface area (Å²) in [5.41, 5.74) is -1.85. The van der Waals surface area contributed by atoms with Crippen molar-refractivity contribution in [1.29, 1.82) is 0 Å². The van der Waals surface area contributed by atoms with Crippen LogP contribution in [-0.4, -0.2) is 47.3 Å². The molecule has 0 aromatic carbocycles. The third-order valence-electron chi connectivity index (χ3n) is 9.63. The zero-order valence-electron chi connectivity index (χ0n) is 18.3. The van der Waals surface area contributed by atoms with Gasteiger partial charge in [0.25, 0.3) is 0 Å². The van der Waals surface area contributed by atoms with E-state index >= 15 is 0 Å². The summed E-state index contributed by atoms with van der Waals surface area (Å²) in [6.45, 7) is 3.72. The van der Waals surface area contributed by atoms with Crippen LogP contribution in [0.15, 0.2) is 0 Å². The molecule has 0 bridgehead atoms. The Morgan fingerprint density at radius 1 is 1.07 bits per heavy atom. The van der Waals surface area contributed by atoms with Crippen LogP contribution < -0.4 is 29.6 Å². The average Bonchev–Trinajstić information content (AvgIpc) is 2.92. The predicted molar refractivity (Wildman–Crippen MR) is 103 cm³/mol. The Bertz CT molecular complexity index is 788. The van der Waals surface area contributed by atoms with Crippen molar-refractivity contribution >= 4 is 16.2 Å². The number of aliphatic hydroxyl groups is 2. The fourth-order valence-corrected chi connectivity index (χ4v) is 8.59. The van der Waals surface area contributed by atoms with E-state index in [1.807, 2.05) is 6.92 Å². The Labute approximate surface area is 201 Å². The molecule has 0 aromatic rings. The molecule has 7 nitrogen and oxygen atoms in total. The maximum absolute atomic E-state index is 12.4. The summed E-state index contributed by atoms with van der Waals surface area (Å²) >= 11 is 0. The molecule has 8 atom stereocenters. The van der Waals surface area contributed by atoms with E-state index in [4.69, 9.17) is 4.18 Å². The molecule has 0 aliphatic heterocycles. The molecule has 4 aliphatic rings. The Balaban J connectivity index is 0.00000256. The molecule has 0 heterocycles. The van der Waals surface area contributed by atoms with Crippen molar-refractivity contribution in [3.63, 3.8) is 0 Å². The van der Waals surface area contributed by atoms with Gasteiger partial charge in [-0.1, -0.05) is 13.8 Å². The molecule has 9 heteroatoms. The molecule has 0 spiro atoms. The van der Waals surface area contributed by atoms with Crippen LogP contribution in [0.3, 0.4) is 0 Å². The van der Waals surface area contributed by atoms with E-state index < -0.39 is 39.9 Å². The van der Waals surface area contributed by atoms with Crippen molar-refractivity contribution in [3.05, 3.63) is 0 Å². The summed E-state index contributed by atoms with van der Waals surface area (Å²) in [6, 6.07) is 0. The van der Waals surface area contributed by atoms with Gasteiger partial charge in [-0.15, -0.1) is 0 Å². The first-order valence-electron chi connectivity index (χ1n) is 11.0. The Morgan fingerprint density at radius 3 is 2.37 bits per heavy atom. The number of ketones is 1. The van der Waals surface area contributed by atoms with Gasteiger partial charge in [-0.05, 0) is 86.9 Å². The molecule has 0 saturated heterocycles. The van der Waals surface area contributed by atoms with Crippen molar-refractivity contribution < 1.29 is 61.7 Å². The van der Waals surface area contributed by atoms with E-state index in [0.717, 1.165) is 38.5 Å². The first-order valence-corrected chi connectivity index (χ1v) is 12.3. The first-order chi connectivity index (χ1) is 13.4. The quantitative estimate of drug-likeness (QED) is 0.324. The maximum Gasteiger partial charge on any atom is 1.00 e. The standard InChI is InChI=1S/C21H34O7S.Na/c1-19-8-5-14(28-29(25,26)27)11-13(19)3-4-15-16(19)6-9-20(2)17(15)7-10-21(20,24)18(23)12-22;/h13-17,22,24H,3-12H2,1-2H3,(H,25,26,27);/q;+1/p-1/t13-,14-,15-,16+,17+,19+,20+,21+;/m1./s1. The van der Waals surface area contributed by atoms with Crippen molar-refractivity contribution in [1.82, 2.24) is 0 Å². The smallest absolute Gasteiger partial charge is 0.726 e. The second-order valence-corrected chi connectivity index (χ2v) is 11.5. The molecule has 166 valence electrons. The van der Waals surface area contributed by atoms with Gasteiger partial charge in [-0.2, -0.15) is 0 Å². The Hall–Kier alpha value is 0.460. The summed E-state index contributed by atoms with van der Waals surface area (Å²) in [7, 11) is -4.68. The fraction of sp³-hybridized carbons (Fsp3) is 0.952. The van der Waals surface area contributed by atoms with Crippen molar-refractivity contribution in [3.8, 4) is 0 Å². The summed E-state index contributed by atoms with van der Waals surface area (Å²) in [6.07, 6.45) is 6.37. The van der Waals surface area contributed by atoms with Crippen molar-refractivity contribution in [2.75, 3.05) is 6.61 Å². The normalized spacial score (nSPS) is 48.1. The van der Waals surface area contributed by atoms with Gasteiger partial charge in [-0.3, -0.25) is 8.98 Å². The van der Waals surface area contributed by atoms with Crippen LogP contribution in [0.25, 0.3) is 0 Å². The van der Waals surface area contributed by atoms with Crippen LogP contribution in [0.4, 0.5) is 0 Å². The third-order valence-corrected chi connectivity index (χ3v) is 10.1. The first kappa shape index (κ1) is 25.1. The number of hydrogen-bond donors (Lipinski definition) is 2. The minimum absolute atomic E-state index is 0. The number of hydrogen-bond acceptors (Lipinski definition) is 7. The topological polar surface area (TPSA) is 124 Å². The molecule has 2 N–H and O–H groups in total. The maximum atomic E-state index is 12.4. The zero-order chi connectivity index (χ0) is 21.2. The fourth-order valence-electron chi connectivity index (χ4n) is 8.08. The van der Waals surface area contributed by atoms with Crippen molar-refractivity contribution in [2.45, 2.75) is 83.3 Å². The third kappa shape index (κ3) is 3.77. The van der Waals surface area contributed by atoms with Gasteiger partial charge < -0.3 is 14.8 Å². The van der Waals surface area contributed by atoms with Gasteiger partial charge in [-0.25, -0.2) is 8.42 Å². The number of Topliss-reactive ketones (excluding diaryl/α,β-unsaturated/α-hetero) is 1. The monoisotopic (exact) mass is 452 g/mol. The van der Waals surface area contributed by atoms with Crippen molar-refractivity contribution in [2.24, 2.45) is 34.5 Å². The zero-order valence-corrected chi connectivity index (χ0v) is 21.1. The molecule has 0 radical (unpaired) electrons. The SMILES string of the molecule is C[C@]12CC[C@@H](OS(=O)(=O)[O-])C[C@H]1CC[C@@H]1[C@@H]2CC[C@@]2(C)[C@H]1CC[C@]2(O)C(=O)CO.[Na+]. The largest absolute Gasteiger partial charge is 1.00 e. The van der Waals surface area contributed by atoms with E-state index in [1.165, 1.54) is 0 Å². The van der Waals surface area contributed by atoms with E-state index in [0.29, 0.717) is 37.0 Å². The van der Waals surface area contributed by atoms with Gasteiger partial charge in [0.05, 0.1) is 6.10 Å². The average molecular weight is 453 g/mol. The number of carbonyl (C=O) groups excluding carboxylic acids is 1. The van der Waals surface area contributed by atoms with Crippen LogP contribution in [-0.2, 0) is 19.4 Å². The number of aliphatic hydroxyl groups excluding tert-OH is 1. The predicted octanol–water partition coefficient (Wildman–Crippen LogP) is -0.829. The molecule has 0 amide bonds. The number of fused-ring (bicyclic) bond motifs is 5. The Morgan fingerprint density at radius 2 is 1.73 bits per heavy atom. The molecule has 4 rings (SSSR count). The summed E-state index contributed by atoms with van der Waals surface area (Å²) in [5, 5.41) is 20.6. The summed E-state index contributed by atoms with van der Waals surface area (Å²) < 4.78 is 37.8. The van der Waals surface area contributed by atoms with Gasteiger partial charge in [0.15, 0.2) is 5.78 Å². The van der Waals surface area contributed by atoms with Crippen LogP contribution in [0.5, 0.6) is 0 Å². The van der Waals surface area contributed by atoms with Gasteiger partial charge in [0.2, 0.25) is 10.4 Å². The molecule has 4 fully saturated rings. The van der Waals surface area contributed by atoms with E-state index in [9.17, 15) is 28.0 Å². The van der Waals surface area contributed by atoms with Gasteiger partial charge >= 0.3 is 29.6 Å². The Kier molecular flexibility index (Phi) is 6.98. The molecule has 4 saturated carbocycles. The van der Waals surface area contributed by atoms with Gasteiger partial charge in [0, 0.05) is 5.41 Å². The van der Waals surface area contributed by atoms with E-state index in [2.05, 4.69) is 6.92 Å². The minimum atomic E-state index is -4.68. The molecule has 0 unspecified atom stereocenters.